The Bertz CT molecular complexity index is 419. The van der Waals surface area contributed by atoms with Gasteiger partial charge in [0.1, 0.15) is 0 Å². The summed E-state index contributed by atoms with van der Waals surface area (Å²) in [6.45, 7) is 9.16. The van der Waals surface area contributed by atoms with Crippen LogP contribution in [-0.4, -0.2) is 24.2 Å². The van der Waals surface area contributed by atoms with Crippen LogP contribution in [-0.2, 0) is 0 Å². The van der Waals surface area contributed by atoms with Crippen LogP contribution >= 0.6 is 0 Å². The van der Waals surface area contributed by atoms with Crippen molar-refractivity contribution in [3.05, 3.63) is 35.9 Å². The quantitative estimate of drug-likeness (QED) is 0.259. The van der Waals surface area contributed by atoms with Gasteiger partial charge in [-0.1, -0.05) is 0 Å². The summed E-state index contributed by atoms with van der Waals surface area (Å²) in [7, 11) is 0. The van der Waals surface area contributed by atoms with E-state index in [0.717, 1.165) is 5.56 Å². The summed E-state index contributed by atoms with van der Waals surface area (Å²) in [6, 6.07) is 10.0. The van der Waals surface area contributed by atoms with Crippen LogP contribution in [0.15, 0.2) is 30.3 Å². The molecule has 0 saturated heterocycles. The molecule has 0 saturated carbocycles. The number of benzene rings is 1. The molecule has 0 aliphatic heterocycles. The zero-order valence-corrected chi connectivity index (χ0v) is 18.6. The van der Waals surface area contributed by atoms with Crippen molar-refractivity contribution in [1.82, 2.24) is 0 Å². The van der Waals surface area contributed by atoms with Gasteiger partial charge in [-0.3, -0.25) is 0 Å². The minimum absolute atomic E-state index is 0.330. The third-order valence-electron chi connectivity index (χ3n) is 5.45. The van der Waals surface area contributed by atoms with Crippen molar-refractivity contribution < 1.29 is 4.79 Å². The molecule has 0 radical (unpaired) electrons. The second-order valence-corrected chi connectivity index (χ2v) is 21.7. The Hall–Kier alpha value is -0.311. The Morgan fingerprint density at radius 3 is 1.70 bits per heavy atom. The first-order chi connectivity index (χ1) is 11.1. The Balaban J connectivity index is 3.04. The van der Waals surface area contributed by atoms with Gasteiger partial charge in [-0.15, -0.1) is 0 Å². The Morgan fingerprint density at radius 2 is 1.30 bits per heavy atom. The molecule has 23 heavy (non-hydrogen) atoms. The molecule has 0 aliphatic carbocycles. The second kappa shape index (κ2) is 11.3. The molecular weight excluding hydrogens is 387 g/mol. The van der Waals surface area contributed by atoms with E-state index in [2.05, 4.69) is 27.7 Å². The van der Waals surface area contributed by atoms with E-state index in [1.54, 1.807) is 0 Å². The number of hydrogen-bond donors (Lipinski definition) is 0. The molecule has 1 aromatic carbocycles. The average Bonchev–Trinajstić information content (AvgIpc) is 2.61. The van der Waals surface area contributed by atoms with Gasteiger partial charge in [0.05, 0.1) is 0 Å². The van der Waals surface area contributed by atoms with Gasteiger partial charge in [-0.2, -0.15) is 0 Å². The molecule has 0 fully saturated rings. The first-order valence-electron chi connectivity index (χ1n) is 9.70. The number of carbonyl (C=O) groups excluding carboxylic acids is 1. The van der Waals surface area contributed by atoms with Gasteiger partial charge >= 0.3 is 148 Å². The third-order valence-corrected chi connectivity index (χ3v) is 23.0. The SMILES string of the molecule is CCC[CH2][Sn]([CH2]CCC)([CH2]CCC)[CH](C)C(=O)c1ccccc1. The van der Waals surface area contributed by atoms with E-state index < -0.39 is 18.4 Å². The van der Waals surface area contributed by atoms with Gasteiger partial charge in [0, 0.05) is 0 Å². The zero-order chi connectivity index (χ0) is 17.1. The number of rotatable bonds is 12. The molecule has 0 heterocycles. The summed E-state index contributed by atoms with van der Waals surface area (Å²) in [5.74, 6) is 0.435. The van der Waals surface area contributed by atoms with Gasteiger partial charge in [0.15, 0.2) is 0 Å². The van der Waals surface area contributed by atoms with Crippen LogP contribution in [0.1, 0.15) is 76.6 Å². The van der Waals surface area contributed by atoms with E-state index in [1.807, 2.05) is 30.3 Å². The monoisotopic (exact) mass is 424 g/mol. The van der Waals surface area contributed by atoms with Crippen molar-refractivity contribution in [3.8, 4) is 0 Å². The molecule has 0 amide bonds. The molecule has 0 N–H and O–H groups in total. The Morgan fingerprint density at radius 1 is 0.870 bits per heavy atom. The molecule has 130 valence electrons. The van der Waals surface area contributed by atoms with E-state index in [9.17, 15) is 4.79 Å². The first-order valence-corrected chi connectivity index (χ1v) is 17.4. The summed E-state index contributed by atoms with van der Waals surface area (Å²) in [4.78, 5) is 13.1. The van der Waals surface area contributed by atoms with Crippen molar-refractivity contribution in [3.63, 3.8) is 0 Å². The van der Waals surface area contributed by atoms with Crippen molar-refractivity contribution in [2.24, 2.45) is 0 Å². The second-order valence-electron chi connectivity index (χ2n) is 7.12. The van der Waals surface area contributed by atoms with Crippen LogP contribution in [0.5, 0.6) is 0 Å². The van der Waals surface area contributed by atoms with E-state index in [4.69, 9.17) is 0 Å². The molecule has 1 aromatic rings. The standard InChI is InChI=1S/C9H9O.3C4H9.Sn/c1-2-9(10)8-6-4-3-5-7-8;3*1-3-4-2;/h2-7H,1H3;3*1,3-4H2,2H3;. The summed E-state index contributed by atoms with van der Waals surface area (Å²) in [5.41, 5.74) is 0.936. The molecule has 1 unspecified atom stereocenters. The maximum absolute atomic E-state index is 13.1. The van der Waals surface area contributed by atoms with E-state index in [-0.39, 0.29) is 0 Å². The topological polar surface area (TPSA) is 17.1 Å². The molecule has 2 heteroatoms. The molecule has 0 bridgehead atoms. The van der Waals surface area contributed by atoms with Gasteiger partial charge in [0.2, 0.25) is 0 Å². The minimum atomic E-state index is -2.45. The summed E-state index contributed by atoms with van der Waals surface area (Å²) >= 11 is -2.45. The van der Waals surface area contributed by atoms with Crippen LogP contribution < -0.4 is 0 Å². The molecular formula is C21H36OSn. The number of ketones is 1. The fourth-order valence-electron chi connectivity index (χ4n) is 3.74. The third kappa shape index (κ3) is 6.25. The number of carbonyl (C=O) groups is 1. The zero-order valence-electron chi connectivity index (χ0n) is 15.7. The van der Waals surface area contributed by atoms with Crippen LogP contribution in [0, 0.1) is 0 Å². The normalized spacial score (nSPS) is 13.0. The molecule has 0 aromatic heterocycles. The van der Waals surface area contributed by atoms with Crippen LogP contribution in [0.25, 0.3) is 0 Å². The van der Waals surface area contributed by atoms with Crippen LogP contribution in [0.2, 0.25) is 17.2 Å². The van der Waals surface area contributed by atoms with E-state index in [1.165, 1.54) is 51.8 Å². The molecule has 1 rings (SSSR count). The number of unbranched alkanes of at least 4 members (excludes halogenated alkanes) is 3. The summed E-state index contributed by atoms with van der Waals surface area (Å²) in [6.07, 6.45) is 7.79. The van der Waals surface area contributed by atoms with Gasteiger partial charge in [-0.25, -0.2) is 0 Å². The van der Waals surface area contributed by atoms with Crippen molar-refractivity contribution >= 4 is 24.2 Å². The average molecular weight is 423 g/mol. The maximum atomic E-state index is 13.1. The fourth-order valence-corrected chi connectivity index (χ4v) is 20.7. The molecule has 0 spiro atoms. The molecule has 1 atom stereocenters. The fraction of sp³-hybridized carbons (Fsp3) is 0.667. The van der Waals surface area contributed by atoms with Crippen molar-refractivity contribution in [1.29, 1.82) is 0 Å². The summed E-state index contributed by atoms with van der Waals surface area (Å²) < 4.78 is 4.55. The number of Topliss-reactive ketones (excluding diaryl/α,β-unsaturated/α-hetero) is 1. The predicted octanol–water partition coefficient (Wildman–Crippen LogP) is 7.11. The van der Waals surface area contributed by atoms with Crippen molar-refractivity contribution in [2.75, 3.05) is 0 Å². The Labute approximate surface area is 148 Å². The van der Waals surface area contributed by atoms with Gasteiger partial charge in [-0.05, 0) is 0 Å². The van der Waals surface area contributed by atoms with E-state index >= 15 is 0 Å². The van der Waals surface area contributed by atoms with E-state index in [0.29, 0.717) is 9.72 Å². The molecule has 1 nitrogen and oxygen atoms in total. The summed E-state index contributed by atoms with van der Waals surface area (Å²) in [5, 5.41) is 0. The van der Waals surface area contributed by atoms with Crippen LogP contribution in [0.3, 0.4) is 0 Å². The molecule has 0 aliphatic rings. The predicted molar refractivity (Wildman–Crippen MR) is 105 cm³/mol. The van der Waals surface area contributed by atoms with Crippen LogP contribution in [0.4, 0.5) is 0 Å². The van der Waals surface area contributed by atoms with Crippen molar-refractivity contribution in [2.45, 2.75) is 83.5 Å². The Kier molecular flexibility index (Phi) is 10.2. The van der Waals surface area contributed by atoms with Gasteiger partial charge in [0.25, 0.3) is 0 Å². The first kappa shape index (κ1) is 20.7. The number of hydrogen-bond acceptors (Lipinski definition) is 1. The van der Waals surface area contributed by atoms with Gasteiger partial charge < -0.3 is 0 Å².